The van der Waals surface area contributed by atoms with Gasteiger partial charge < -0.3 is 20.7 Å². The molecule has 4 rings (SSSR count). The first-order valence-electron chi connectivity index (χ1n) is 11.2. The van der Waals surface area contributed by atoms with E-state index in [1.54, 1.807) is 13.3 Å². The SMILES string of the molecule is COCCN[C@H]1CC[C@H](Nc2nccc(-c3ccc4c(c3)C(C)(C)CNC4=O)n2)CC1. The number of hydrogen-bond donors (Lipinski definition) is 3. The van der Waals surface area contributed by atoms with Gasteiger partial charge in [-0.25, -0.2) is 9.97 Å². The molecule has 3 N–H and O–H groups in total. The van der Waals surface area contributed by atoms with Crippen molar-refractivity contribution < 1.29 is 9.53 Å². The predicted molar refractivity (Wildman–Crippen MR) is 122 cm³/mol. The van der Waals surface area contributed by atoms with Crippen LogP contribution in [0.4, 0.5) is 5.95 Å². The van der Waals surface area contributed by atoms with Gasteiger partial charge in [0, 0.05) is 55.0 Å². The third-order valence-corrected chi connectivity index (χ3v) is 6.44. The van der Waals surface area contributed by atoms with Crippen molar-refractivity contribution in [2.24, 2.45) is 0 Å². The number of carbonyl (C=O) groups excluding carboxylic acids is 1. The van der Waals surface area contributed by atoms with E-state index >= 15 is 0 Å². The molecule has 166 valence electrons. The average molecular weight is 424 g/mol. The third kappa shape index (κ3) is 5.05. The molecule has 1 saturated carbocycles. The highest BCUT2D eigenvalue weighted by Gasteiger charge is 2.31. The minimum absolute atomic E-state index is 0.00164. The number of amides is 1. The van der Waals surface area contributed by atoms with E-state index in [1.807, 2.05) is 18.2 Å². The van der Waals surface area contributed by atoms with Gasteiger partial charge in [-0.15, -0.1) is 0 Å². The van der Waals surface area contributed by atoms with Crippen molar-refractivity contribution in [1.82, 2.24) is 20.6 Å². The number of aromatic nitrogens is 2. The van der Waals surface area contributed by atoms with Crippen LogP contribution in [0.25, 0.3) is 11.3 Å². The minimum Gasteiger partial charge on any atom is -0.383 e. The van der Waals surface area contributed by atoms with Gasteiger partial charge in [-0.3, -0.25) is 4.79 Å². The van der Waals surface area contributed by atoms with E-state index in [1.165, 1.54) is 0 Å². The maximum atomic E-state index is 12.2. The number of benzene rings is 1. The molecule has 1 aliphatic carbocycles. The highest BCUT2D eigenvalue weighted by atomic mass is 16.5. The zero-order valence-electron chi connectivity index (χ0n) is 18.7. The van der Waals surface area contributed by atoms with Crippen molar-refractivity contribution in [3.05, 3.63) is 41.6 Å². The number of nitrogens with one attached hydrogen (secondary N) is 3. The Morgan fingerprint density at radius 2 is 1.94 bits per heavy atom. The fourth-order valence-corrected chi connectivity index (χ4v) is 4.53. The molecule has 2 heterocycles. The molecule has 0 radical (unpaired) electrons. The number of carbonyl (C=O) groups is 1. The van der Waals surface area contributed by atoms with E-state index in [2.05, 4.69) is 40.8 Å². The van der Waals surface area contributed by atoms with Crippen LogP contribution in [0.2, 0.25) is 0 Å². The Bertz CT molecular complexity index is 922. The lowest BCUT2D eigenvalue weighted by Crippen LogP contribution is -2.43. The Labute approximate surface area is 184 Å². The average Bonchev–Trinajstić information content (AvgIpc) is 2.78. The molecule has 1 amide bonds. The number of anilines is 1. The quantitative estimate of drug-likeness (QED) is 0.593. The van der Waals surface area contributed by atoms with Crippen LogP contribution in [0.15, 0.2) is 30.5 Å². The number of fused-ring (bicyclic) bond motifs is 1. The Balaban J connectivity index is 1.43. The van der Waals surface area contributed by atoms with Crippen LogP contribution in [0.3, 0.4) is 0 Å². The standard InChI is InChI=1S/C24H33N5O2/c1-24(2)15-27-22(30)19-9-4-16(14-20(19)24)21-10-11-26-23(29-21)28-18-7-5-17(6-8-18)25-12-13-31-3/h4,9-11,14,17-18,25H,5-8,12-13,15H2,1-3H3,(H,27,30)(H,26,28,29)/t17-,18-. The summed E-state index contributed by atoms with van der Waals surface area (Å²) in [5.41, 5.74) is 3.60. The second-order valence-corrected chi connectivity index (χ2v) is 9.23. The monoisotopic (exact) mass is 423 g/mol. The molecule has 31 heavy (non-hydrogen) atoms. The Morgan fingerprint density at radius 3 is 2.71 bits per heavy atom. The van der Waals surface area contributed by atoms with E-state index in [9.17, 15) is 4.79 Å². The molecule has 7 nitrogen and oxygen atoms in total. The second kappa shape index (κ2) is 9.32. The lowest BCUT2D eigenvalue weighted by molar-refractivity contribution is 0.0930. The molecule has 0 unspecified atom stereocenters. The summed E-state index contributed by atoms with van der Waals surface area (Å²) in [6, 6.07) is 8.88. The molecular weight excluding hydrogens is 390 g/mol. The summed E-state index contributed by atoms with van der Waals surface area (Å²) in [5, 5.41) is 10.1. The van der Waals surface area contributed by atoms with Crippen molar-refractivity contribution in [2.45, 2.75) is 57.0 Å². The lowest BCUT2D eigenvalue weighted by atomic mass is 9.78. The molecular formula is C24H33N5O2. The number of methoxy groups -OCH3 is 1. The highest BCUT2D eigenvalue weighted by molar-refractivity contribution is 5.98. The molecule has 0 atom stereocenters. The summed E-state index contributed by atoms with van der Waals surface area (Å²) in [6.07, 6.45) is 6.28. The van der Waals surface area contributed by atoms with Gasteiger partial charge in [-0.2, -0.15) is 0 Å². The zero-order valence-corrected chi connectivity index (χ0v) is 18.7. The number of nitrogens with zero attached hydrogens (tertiary/aromatic N) is 2. The summed E-state index contributed by atoms with van der Waals surface area (Å²) < 4.78 is 5.12. The summed E-state index contributed by atoms with van der Waals surface area (Å²) in [7, 11) is 1.73. The smallest absolute Gasteiger partial charge is 0.251 e. The highest BCUT2D eigenvalue weighted by Crippen LogP contribution is 2.33. The van der Waals surface area contributed by atoms with Gasteiger partial charge in [0.2, 0.25) is 5.95 Å². The maximum Gasteiger partial charge on any atom is 0.251 e. The molecule has 2 aliphatic rings. The molecule has 1 fully saturated rings. The molecule has 1 aromatic heterocycles. The number of ether oxygens (including phenoxy) is 1. The second-order valence-electron chi connectivity index (χ2n) is 9.23. The topological polar surface area (TPSA) is 88.2 Å². The van der Waals surface area contributed by atoms with E-state index in [0.717, 1.165) is 61.2 Å². The third-order valence-electron chi connectivity index (χ3n) is 6.44. The summed E-state index contributed by atoms with van der Waals surface area (Å²) in [4.78, 5) is 21.5. The van der Waals surface area contributed by atoms with Crippen molar-refractivity contribution in [3.8, 4) is 11.3 Å². The van der Waals surface area contributed by atoms with Gasteiger partial charge in [-0.05, 0) is 49.4 Å². The van der Waals surface area contributed by atoms with E-state index in [-0.39, 0.29) is 11.3 Å². The molecule has 1 aliphatic heterocycles. The van der Waals surface area contributed by atoms with Crippen molar-refractivity contribution >= 4 is 11.9 Å². The lowest BCUT2D eigenvalue weighted by Gasteiger charge is -2.32. The van der Waals surface area contributed by atoms with Crippen LogP contribution in [0, 0.1) is 0 Å². The molecule has 0 saturated heterocycles. The van der Waals surface area contributed by atoms with E-state index < -0.39 is 0 Å². The predicted octanol–water partition coefficient (Wildman–Crippen LogP) is 3.12. The molecule has 2 aromatic rings. The van der Waals surface area contributed by atoms with Crippen molar-refractivity contribution in [1.29, 1.82) is 0 Å². The van der Waals surface area contributed by atoms with Crippen molar-refractivity contribution in [3.63, 3.8) is 0 Å². The van der Waals surface area contributed by atoms with Gasteiger partial charge in [0.1, 0.15) is 0 Å². The van der Waals surface area contributed by atoms with Crippen LogP contribution >= 0.6 is 0 Å². The number of rotatable bonds is 7. The Morgan fingerprint density at radius 1 is 1.16 bits per heavy atom. The fourth-order valence-electron chi connectivity index (χ4n) is 4.53. The zero-order chi connectivity index (χ0) is 21.8. The van der Waals surface area contributed by atoms with Crippen LogP contribution in [-0.4, -0.2) is 54.8 Å². The summed E-state index contributed by atoms with van der Waals surface area (Å²) in [6.45, 7) is 6.61. The summed E-state index contributed by atoms with van der Waals surface area (Å²) in [5.74, 6) is 0.668. The van der Waals surface area contributed by atoms with Gasteiger partial charge in [0.15, 0.2) is 0 Å². The maximum absolute atomic E-state index is 12.2. The number of hydrogen-bond acceptors (Lipinski definition) is 6. The first-order valence-corrected chi connectivity index (χ1v) is 11.2. The molecule has 0 bridgehead atoms. The van der Waals surface area contributed by atoms with Gasteiger partial charge in [-0.1, -0.05) is 19.9 Å². The van der Waals surface area contributed by atoms with Crippen LogP contribution in [0.1, 0.15) is 55.5 Å². The van der Waals surface area contributed by atoms with Gasteiger partial charge >= 0.3 is 0 Å². The molecule has 7 heteroatoms. The van der Waals surface area contributed by atoms with Crippen LogP contribution in [0.5, 0.6) is 0 Å². The van der Waals surface area contributed by atoms with Crippen LogP contribution < -0.4 is 16.0 Å². The van der Waals surface area contributed by atoms with E-state index in [4.69, 9.17) is 9.72 Å². The molecule has 0 spiro atoms. The first-order chi connectivity index (χ1) is 15.0. The van der Waals surface area contributed by atoms with Crippen molar-refractivity contribution in [2.75, 3.05) is 32.1 Å². The Hall–Kier alpha value is -2.51. The molecule has 1 aromatic carbocycles. The first kappa shape index (κ1) is 21.7. The van der Waals surface area contributed by atoms with E-state index in [0.29, 0.717) is 24.6 Å². The fraction of sp³-hybridized carbons (Fsp3) is 0.542. The largest absolute Gasteiger partial charge is 0.383 e. The van der Waals surface area contributed by atoms with Gasteiger partial charge in [0.05, 0.1) is 12.3 Å². The Kier molecular flexibility index (Phi) is 6.53. The summed E-state index contributed by atoms with van der Waals surface area (Å²) >= 11 is 0. The van der Waals surface area contributed by atoms with Gasteiger partial charge in [0.25, 0.3) is 5.91 Å². The normalized spacial score (nSPS) is 22.5. The van der Waals surface area contributed by atoms with Crippen LogP contribution in [-0.2, 0) is 10.2 Å². The minimum atomic E-state index is -0.108.